The third-order valence-corrected chi connectivity index (χ3v) is 3.74. The van der Waals surface area contributed by atoms with Gasteiger partial charge < -0.3 is 15.0 Å². The van der Waals surface area contributed by atoms with Gasteiger partial charge in [0.1, 0.15) is 0 Å². The van der Waals surface area contributed by atoms with E-state index in [0.717, 1.165) is 42.5 Å². The summed E-state index contributed by atoms with van der Waals surface area (Å²) in [5.41, 5.74) is 4.95. The zero-order valence-corrected chi connectivity index (χ0v) is 12.5. The number of ether oxygens (including phenoxy) is 1. The van der Waals surface area contributed by atoms with Crippen LogP contribution >= 0.6 is 12.2 Å². The van der Waals surface area contributed by atoms with Gasteiger partial charge in [-0.1, -0.05) is 18.2 Å². The van der Waals surface area contributed by atoms with Crippen LogP contribution in [0.5, 0.6) is 0 Å². The highest BCUT2D eigenvalue weighted by Crippen LogP contribution is 2.15. The molecule has 0 spiro atoms. The van der Waals surface area contributed by atoms with Crippen LogP contribution < -0.4 is 10.7 Å². The van der Waals surface area contributed by atoms with E-state index in [2.05, 4.69) is 26.9 Å². The minimum absolute atomic E-state index is 0.266. The molecule has 1 aromatic heterocycles. The van der Waals surface area contributed by atoms with Crippen molar-refractivity contribution in [2.45, 2.75) is 18.9 Å². The van der Waals surface area contributed by atoms with Gasteiger partial charge in [-0.25, -0.2) is 0 Å². The van der Waals surface area contributed by atoms with E-state index in [1.165, 1.54) is 0 Å². The Morgan fingerprint density at radius 2 is 2.38 bits per heavy atom. The van der Waals surface area contributed by atoms with Gasteiger partial charge in [-0.15, -0.1) is 0 Å². The normalized spacial score (nSPS) is 18.4. The molecule has 5 nitrogen and oxygen atoms in total. The van der Waals surface area contributed by atoms with E-state index in [-0.39, 0.29) is 6.10 Å². The summed E-state index contributed by atoms with van der Waals surface area (Å²) < 4.78 is 5.52. The quantitative estimate of drug-likeness (QED) is 0.460. The number of nitrogens with zero attached hydrogens (tertiary/aromatic N) is 1. The number of para-hydroxylation sites is 1. The van der Waals surface area contributed by atoms with E-state index in [0.29, 0.717) is 5.11 Å². The van der Waals surface area contributed by atoms with Crippen LogP contribution in [0.4, 0.5) is 0 Å². The number of hydrazone groups is 1. The predicted molar refractivity (Wildman–Crippen MR) is 88.6 cm³/mol. The van der Waals surface area contributed by atoms with Gasteiger partial charge in [0.25, 0.3) is 0 Å². The number of hydrogen-bond donors (Lipinski definition) is 3. The maximum atomic E-state index is 5.52. The zero-order valence-electron chi connectivity index (χ0n) is 11.6. The van der Waals surface area contributed by atoms with Crippen molar-refractivity contribution in [3.05, 3.63) is 36.0 Å². The molecule has 1 fully saturated rings. The molecular weight excluding hydrogens is 284 g/mol. The lowest BCUT2D eigenvalue weighted by molar-refractivity contribution is 0.114. The lowest BCUT2D eigenvalue weighted by Gasteiger charge is -2.11. The molecule has 2 heterocycles. The molecule has 0 unspecified atom stereocenters. The number of hydrogen-bond acceptors (Lipinski definition) is 3. The van der Waals surface area contributed by atoms with Gasteiger partial charge >= 0.3 is 0 Å². The van der Waals surface area contributed by atoms with Gasteiger partial charge in [0.2, 0.25) is 0 Å². The first-order chi connectivity index (χ1) is 10.3. The second-order valence-electron chi connectivity index (χ2n) is 5.00. The maximum Gasteiger partial charge on any atom is 0.187 e. The van der Waals surface area contributed by atoms with Gasteiger partial charge in [0.15, 0.2) is 5.11 Å². The number of fused-ring (bicyclic) bond motifs is 1. The fourth-order valence-electron chi connectivity index (χ4n) is 2.41. The van der Waals surface area contributed by atoms with Crippen LogP contribution in [0.1, 0.15) is 18.4 Å². The third kappa shape index (κ3) is 3.59. The largest absolute Gasteiger partial charge is 0.376 e. The average Bonchev–Trinajstić information content (AvgIpc) is 3.15. The van der Waals surface area contributed by atoms with E-state index >= 15 is 0 Å². The first-order valence-electron chi connectivity index (χ1n) is 7.07. The molecular formula is C15H18N4OS. The van der Waals surface area contributed by atoms with Gasteiger partial charge in [-0.3, -0.25) is 5.43 Å². The lowest BCUT2D eigenvalue weighted by atomic mass is 10.2. The second kappa shape index (κ2) is 6.69. The highest BCUT2D eigenvalue weighted by atomic mass is 32.1. The fourth-order valence-corrected chi connectivity index (χ4v) is 2.55. The molecule has 1 aromatic carbocycles. The Labute approximate surface area is 128 Å². The zero-order chi connectivity index (χ0) is 14.5. The van der Waals surface area contributed by atoms with Crippen molar-refractivity contribution >= 4 is 34.4 Å². The number of thiocarbonyl (C=S) groups is 1. The van der Waals surface area contributed by atoms with Crippen molar-refractivity contribution in [2.24, 2.45) is 5.10 Å². The SMILES string of the molecule is S=C(NC[C@H]1CCCO1)N/N=C/c1c[nH]c2ccccc12. The number of aromatic nitrogens is 1. The van der Waals surface area contributed by atoms with E-state index < -0.39 is 0 Å². The molecule has 0 bridgehead atoms. The average molecular weight is 302 g/mol. The summed E-state index contributed by atoms with van der Waals surface area (Å²) in [6, 6.07) is 8.10. The number of rotatable bonds is 4. The van der Waals surface area contributed by atoms with Crippen LogP contribution in [-0.4, -0.2) is 35.6 Å². The van der Waals surface area contributed by atoms with Crippen molar-refractivity contribution in [3.8, 4) is 0 Å². The van der Waals surface area contributed by atoms with Gasteiger partial charge in [-0.05, 0) is 31.1 Å². The third-order valence-electron chi connectivity index (χ3n) is 3.51. The number of H-pyrrole nitrogens is 1. The molecule has 1 aliphatic heterocycles. The molecule has 3 N–H and O–H groups in total. The van der Waals surface area contributed by atoms with Crippen LogP contribution in [0.2, 0.25) is 0 Å². The van der Waals surface area contributed by atoms with Crippen LogP contribution in [-0.2, 0) is 4.74 Å². The van der Waals surface area contributed by atoms with Crippen molar-refractivity contribution in [2.75, 3.05) is 13.2 Å². The Balaban J connectivity index is 1.50. The fraction of sp³-hybridized carbons (Fsp3) is 0.333. The van der Waals surface area contributed by atoms with Crippen LogP contribution in [0.3, 0.4) is 0 Å². The molecule has 110 valence electrons. The predicted octanol–water partition coefficient (Wildman–Crippen LogP) is 2.14. The first kappa shape index (κ1) is 14.0. The standard InChI is InChI=1S/C15H18N4OS/c21-15(17-10-12-4-3-7-20-12)19-18-9-11-8-16-14-6-2-1-5-13(11)14/h1-2,5-6,8-9,12,16H,3-4,7,10H2,(H2,17,19,21)/b18-9+/t12-/m1/s1. The molecule has 1 atom stereocenters. The van der Waals surface area contributed by atoms with Crippen LogP contribution in [0, 0.1) is 0 Å². The molecule has 0 amide bonds. The molecule has 3 rings (SSSR count). The summed E-state index contributed by atoms with van der Waals surface area (Å²) in [6.07, 6.45) is 6.18. The van der Waals surface area contributed by atoms with Gasteiger partial charge in [-0.2, -0.15) is 5.10 Å². The second-order valence-corrected chi connectivity index (χ2v) is 5.41. The Hall–Kier alpha value is -1.92. The van der Waals surface area contributed by atoms with Crippen molar-refractivity contribution in [1.82, 2.24) is 15.7 Å². The summed E-state index contributed by atoms with van der Waals surface area (Å²) >= 11 is 5.18. The van der Waals surface area contributed by atoms with E-state index in [9.17, 15) is 0 Å². The molecule has 21 heavy (non-hydrogen) atoms. The summed E-state index contributed by atoms with van der Waals surface area (Å²) in [5, 5.41) is 8.94. The molecule has 0 aliphatic carbocycles. The Bertz CT molecular complexity index is 646. The van der Waals surface area contributed by atoms with Crippen molar-refractivity contribution < 1.29 is 4.74 Å². The van der Waals surface area contributed by atoms with Crippen molar-refractivity contribution in [3.63, 3.8) is 0 Å². The highest BCUT2D eigenvalue weighted by molar-refractivity contribution is 7.80. The summed E-state index contributed by atoms with van der Waals surface area (Å²) in [5.74, 6) is 0. The summed E-state index contributed by atoms with van der Waals surface area (Å²) in [6.45, 7) is 1.58. The number of aromatic amines is 1. The van der Waals surface area contributed by atoms with Crippen molar-refractivity contribution in [1.29, 1.82) is 0 Å². The Kier molecular flexibility index (Phi) is 4.47. The van der Waals surface area contributed by atoms with E-state index in [1.807, 2.05) is 24.4 Å². The van der Waals surface area contributed by atoms with Gasteiger partial charge in [0, 0.05) is 35.8 Å². The van der Waals surface area contributed by atoms with Gasteiger partial charge in [0.05, 0.1) is 12.3 Å². The molecule has 6 heteroatoms. The molecule has 2 aromatic rings. The lowest BCUT2D eigenvalue weighted by Crippen LogP contribution is -2.37. The Morgan fingerprint density at radius 3 is 3.24 bits per heavy atom. The highest BCUT2D eigenvalue weighted by Gasteiger charge is 2.14. The number of benzene rings is 1. The minimum Gasteiger partial charge on any atom is -0.376 e. The van der Waals surface area contributed by atoms with Crippen LogP contribution in [0.25, 0.3) is 10.9 Å². The van der Waals surface area contributed by atoms with Crippen LogP contribution in [0.15, 0.2) is 35.6 Å². The first-order valence-corrected chi connectivity index (χ1v) is 7.48. The molecule has 1 saturated heterocycles. The summed E-state index contributed by atoms with van der Waals surface area (Å²) in [7, 11) is 0. The molecule has 0 saturated carbocycles. The smallest absolute Gasteiger partial charge is 0.187 e. The maximum absolute atomic E-state index is 5.52. The minimum atomic E-state index is 0.266. The summed E-state index contributed by atoms with van der Waals surface area (Å²) in [4.78, 5) is 3.20. The molecule has 0 radical (unpaired) electrons. The van der Waals surface area contributed by atoms with E-state index in [1.54, 1.807) is 6.21 Å². The monoisotopic (exact) mass is 302 g/mol. The topological polar surface area (TPSA) is 61.4 Å². The Morgan fingerprint density at radius 1 is 1.48 bits per heavy atom. The molecule has 1 aliphatic rings. The number of nitrogens with one attached hydrogen (secondary N) is 3. The van der Waals surface area contributed by atoms with E-state index in [4.69, 9.17) is 17.0 Å².